The van der Waals surface area contributed by atoms with Gasteiger partial charge in [-0.25, -0.2) is 9.59 Å². The minimum Gasteiger partial charge on any atom is -0.480 e. The molecule has 0 aromatic heterocycles. The van der Waals surface area contributed by atoms with Gasteiger partial charge in [0, 0.05) is 33.3 Å². The molecule has 0 heterocycles. The number of carboxylic acid groups (broad SMARTS) is 1. The molecule has 3 N–H and O–H groups in total. The number of carbonyl (C=O) groups excluding carboxylic acids is 1. The van der Waals surface area contributed by atoms with Gasteiger partial charge in [0.1, 0.15) is 6.04 Å². The molecule has 1 aliphatic rings. The lowest BCUT2D eigenvalue weighted by molar-refractivity contribution is -0.139. The van der Waals surface area contributed by atoms with Crippen LogP contribution < -0.4 is 10.6 Å². The maximum atomic E-state index is 11.6. The summed E-state index contributed by atoms with van der Waals surface area (Å²) in [6.45, 7) is 0.284. The van der Waals surface area contributed by atoms with Gasteiger partial charge in [0.2, 0.25) is 0 Å². The summed E-state index contributed by atoms with van der Waals surface area (Å²) >= 11 is 0. The summed E-state index contributed by atoms with van der Waals surface area (Å²) in [7, 11) is 3.12. The molecule has 7 heteroatoms. The van der Waals surface area contributed by atoms with E-state index in [-0.39, 0.29) is 25.2 Å². The summed E-state index contributed by atoms with van der Waals surface area (Å²) in [5.74, 6) is -1.06. The molecule has 0 spiro atoms. The maximum absolute atomic E-state index is 11.6. The van der Waals surface area contributed by atoms with Crippen molar-refractivity contribution in [2.75, 3.05) is 20.8 Å². The second-order valence-electron chi connectivity index (χ2n) is 4.32. The average molecular weight is 260 g/mol. The predicted octanol–water partition coefficient (Wildman–Crippen LogP) is -0.0473. The number of carboxylic acids is 1. The fourth-order valence-electron chi connectivity index (χ4n) is 1.75. The van der Waals surface area contributed by atoms with E-state index >= 15 is 0 Å². The zero-order valence-corrected chi connectivity index (χ0v) is 10.6. The Morgan fingerprint density at radius 1 is 1.39 bits per heavy atom. The average Bonchev–Trinajstić information content (AvgIpc) is 2.28. The van der Waals surface area contributed by atoms with E-state index in [4.69, 9.17) is 14.6 Å². The number of urea groups is 1. The molecule has 0 aromatic rings. The van der Waals surface area contributed by atoms with Crippen LogP contribution in [0.1, 0.15) is 19.3 Å². The Labute approximate surface area is 106 Å². The normalized spacial score (nSPS) is 23.9. The zero-order chi connectivity index (χ0) is 13.5. The Morgan fingerprint density at radius 2 is 2.06 bits per heavy atom. The number of methoxy groups -OCH3 is 2. The third kappa shape index (κ3) is 4.50. The van der Waals surface area contributed by atoms with Gasteiger partial charge in [-0.2, -0.15) is 0 Å². The van der Waals surface area contributed by atoms with Crippen LogP contribution in [0.2, 0.25) is 0 Å². The number of ether oxygens (including phenoxy) is 2. The van der Waals surface area contributed by atoms with Crippen LogP contribution in [0.5, 0.6) is 0 Å². The quantitative estimate of drug-likeness (QED) is 0.596. The highest BCUT2D eigenvalue weighted by molar-refractivity contribution is 5.82. The number of hydrogen-bond donors (Lipinski definition) is 3. The molecule has 7 nitrogen and oxygen atoms in total. The Balaban J connectivity index is 2.26. The van der Waals surface area contributed by atoms with Crippen LogP contribution in [0.4, 0.5) is 4.79 Å². The van der Waals surface area contributed by atoms with Crippen LogP contribution in [0.15, 0.2) is 0 Å². The lowest BCUT2D eigenvalue weighted by Gasteiger charge is -2.34. The van der Waals surface area contributed by atoms with Crippen LogP contribution in [0, 0.1) is 0 Å². The lowest BCUT2D eigenvalue weighted by atomic mass is 9.89. The summed E-state index contributed by atoms with van der Waals surface area (Å²) in [6, 6.07) is -1.33. The summed E-state index contributed by atoms with van der Waals surface area (Å²) < 4.78 is 9.88. The van der Waals surface area contributed by atoms with E-state index in [0.717, 1.165) is 12.8 Å². The van der Waals surface area contributed by atoms with E-state index in [1.165, 1.54) is 7.11 Å². The van der Waals surface area contributed by atoms with Crippen molar-refractivity contribution < 1.29 is 24.2 Å². The number of rotatable bonds is 7. The molecule has 0 radical (unpaired) electrons. The van der Waals surface area contributed by atoms with E-state index in [9.17, 15) is 9.59 Å². The molecule has 1 fully saturated rings. The van der Waals surface area contributed by atoms with Crippen LogP contribution in [-0.4, -0.2) is 56.1 Å². The van der Waals surface area contributed by atoms with Crippen molar-refractivity contribution in [3.8, 4) is 0 Å². The molecule has 0 aromatic carbocycles. The Bertz CT molecular complexity index is 291. The first-order chi connectivity index (χ1) is 8.56. The van der Waals surface area contributed by atoms with Gasteiger partial charge in [0.25, 0.3) is 0 Å². The third-order valence-electron chi connectivity index (χ3n) is 2.98. The standard InChI is InChI=1S/C11H20N2O5/c1-17-4-3-9(10(14)15)13-11(16)12-7-5-8(6-7)18-2/h7-9H,3-6H2,1-2H3,(H,14,15)(H2,12,13,16). The molecular weight excluding hydrogens is 240 g/mol. The molecule has 1 rings (SSSR count). The summed E-state index contributed by atoms with van der Waals surface area (Å²) in [5.41, 5.74) is 0. The monoisotopic (exact) mass is 260 g/mol. The zero-order valence-electron chi connectivity index (χ0n) is 10.6. The molecule has 18 heavy (non-hydrogen) atoms. The van der Waals surface area contributed by atoms with Crippen LogP contribution in [-0.2, 0) is 14.3 Å². The number of amides is 2. The molecule has 0 saturated heterocycles. The maximum Gasteiger partial charge on any atom is 0.326 e. The van der Waals surface area contributed by atoms with E-state index in [0.29, 0.717) is 0 Å². The second-order valence-corrected chi connectivity index (χ2v) is 4.32. The first kappa shape index (κ1) is 14.7. The first-order valence-electron chi connectivity index (χ1n) is 5.88. The minimum absolute atomic E-state index is 0.0619. The molecule has 1 atom stereocenters. The fourth-order valence-corrected chi connectivity index (χ4v) is 1.75. The van der Waals surface area contributed by atoms with Crippen molar-refractivity contribution in [3.63, 3.8) is 0 Å². The van der Waals surface area contributed by atoms with Gasteiger partial charge < -0.3 is 25.2 Å². The van der Waals surface area contributed by atoms with Crippen molar-refractivity contribution >= 4 is 12.0 Å². The first-order valence-corrected chi connectivity index (χ1v) is 5.88. The third-order valence-corrected chi connectivity index (χ3v) is 2.98. The highest BCUT2D eigenvalue weighted by Gasteiger charge is 2.31. The number of aliphatic carboxylic acids is 1. The molecular formula is C11H20N2O5. The molecule has 0 bridgehead atoms. The number of carbonyl (C=O) groups is 2. The summed E-state index contributed by atoms with van der Waals surface area (Å²) in [6.07, 6.45) is 1.96. The van der Waals surface area contributed by atoms with E-state index in [2.05, 4.69) is 10.6 Å². The van der Waals surface area contributed by atoms with E-state index < -0.39 is 18.0 Å². The minimum atomic E-state index is -1.06. The van der Waals surface area contributed by atoms with Gasteiger partial charge in [-0.05, 0) is 12.8 Å². The highest BCUT2D eigenvalue weighted by atomic mass is 16.5. The SMILES string of the molecule is COCCC(NC(=O)NC1CC(OC)C1)C(=O)O. The lowest BCUT2D eigenvalue weighted by Crippen LogP contribution is -2.54. The van der Waals surface area contributed by atoms with Crippen LogP contribution >= 0.6 is 0 Å². The number of hydrogen-bond acceptors (Lipinski definition) is 4. The molecule has 1 aliphatic carbocycles. The van der Waals surface area contributed by atoms with Crippen molar-refractivity contribution in [2.24, 2.45) is 0 Å². The van der Waals surface area contributed by atoms with Crippen molar-refractivity contribution in [2.45, 2.75) is 37.5 Å². The summed E-state index contributed by atoms with van der Waals surface area (Å²) in [5, 5.41) is 14.0. The van der Waals surface area contributed by atoms with Gasteiger partial charge in [-0.1, -0.05) is 0 Å². The highest BCUT2D eigenvalue weighted by Crippen LogP contribution is 2.22. The van der Waals surface area contributed by atoms with Gasteiger partial charge in [0.05, 0.1) is 6.10 Å². The van der Waals surface area contributed by atoms with E-state index in [1.807, 2.05) is 0 Å². The van der Waals surface area contributed by atoms with Crippen LogP contribution in [0.3, 0.4) is 0 Å². The molecule has 1 saturated carbocycles. The van der Waals surface area contributed by atoms with E-state index in [1.54, 1.807) is 7.11 Å². The molecule has 104 valence electrons. The van der Waals surface area contributed by atoms with Crippen LogP contribution in [0.25, 0.3) is 0 Å². The molecule has 0 aliphatic heterocycles. The topological polar surface area (TPSA) is 96.9 Å². The van der Waals surface area contributed by atoms with Gasteiger partial charge in [0.15, 0.2) is 0 Å². The summed E-state index contributed by atoms with van der Waals surface area (Å²) in [4.78, 5) is 22.4. The van der Waals surface area contributed by atoms with Gasteiger partial charge >= 0.3 is 12.0 Å². The Kier molecular flexibility index (Phi) is 5.87. The van der Waals surface area contributed by atoms with Gasteiger partial charge in [-0.3, -0.25) is 0 Å². The Hall–Kier alpha value is -1.34. The fraction of sp³-hybridized carbons (Fsp3) is 0.818. The molecule has 1 unspecified atom stereocenters. The van der Waals surface area contributed by atoms with Crippen molar-refractivity contribution in [1.82, 2.24) is 10.6 Å². The molecule has 2 amide bonds. The predicted molar refractivity (Wildman–Crippen MR) is 63.4 cm³/mol. The number of nitrogens with one attached hydrogen (secondary N) is 2. The smallest absolute Gasteiger partial charge is 0.326 e. The van der Waals surface area contributed by atoms with Gasteiger partial charge in [-0.15, -0.1) is 0 Å². The second kappa shape index (κ2) is 7.17. The van der Waals surface area contributed by atoms with Crippen molar-refractivity contribution in [3.05, 3.63) is 0 Å². The largest absolute Gasteiger partial charge is 0.480 e. The van der Waals surface area contributed by atoms with Crippen molar-refractivity contribution in [1.29, 1.82) is 0 Å². The Morgan fingerprint density at radius 3 is 2.56 bits per heavy atom.